The quantitative estimate of drug-likeness (QED) is 0.927. The maximum Gasteiger partial charge on any atom is 0.253 e. The van der Waals surface area contributed by atoms with E-state index in [0.29, 0.717) is 6.61 Å². The molecule has 0 bridgehead atoms. The second-order valence-electron chi connectivity index (χ2n) is 4.50. The molecule has 0 radical (unpaired) electrons. The Balaban J connectivity index is 2.06. The monoisotopic (exact) mass is 311 g/mol. The van der Waals surface area contributed by atoms with Gasteiger partial charge in [0.05, 0.1) is 0 Å². The van der Waals surface area contributed by atoms with Gasteiger partial charge in [-0.25, -0.2) is 0 Å². The van der Waals surface area contributed by atoms with Crippen LogP contribution in [0, 0.1) is 0 Å². The van der Waals surface area contributed by atoms with Crippen molar-refractivity contribution in [3.05, 3.63) is 28.2 Å². The zero-order valence-corrected chi connectivity index (χ0v) is 12.1. The molecule has 4 heteroatoms. The summed E-state index contributed by atoms with van der Waals surface area (Å²) in [7, 11) is 0. The zero-order valence-electron chi connectivity index (χ0n) is 10.5. The Labute approximate surface area is 116 Å². The van der Waals surface area contributed by atoms with E-state index in [9.17, 15) is 4.79 Å². The minimum atomic E-state index is -0.285. The number of nitrogens with one attached hydrogen (secondary N) is 1. The van der Waals surface area contributed by atoms with Gasteiger partial charge in [-0.2, -0.15) is 0 Å². The van der Waals surface area contributed by atoms with Gasteiger partial charge < -0.3 is 10.1 Å². The lowest BCUT2D eigenvalue weighted by Crippen LogP contribution is -2.33. The molecule has 0 aliphatic carbocycles. The molecular formula is C14H18BrNO2. The van der Waals surface area contributed by atoms with Crippen LogP contribution in [-0.2, 0) is 16.0 Å². The number of amides is 1. The summed E-state index contributed by atoms with van der Waals surface area (Å²) in [5, 5.41) is 2.97. The molecule has 1 heterocycles. The number of benzene rings is 1. The third kappa shape index (κ3) is 3.33. The second-order valence-corrected chi connectivity index (χ2v) is 5.42. The molecule has 0 saturated carbocycles. The third-order valence-corrected chi connectivity index (χ3v) is 3.67. The Hall–Kier alpha value is -0.870. The first-order valence-corrected chi connectivity index (χ1v) is 7.21. The first-order chi connectivity index (χ1) is 8.70. The fraction of sp³-hybridized carbons (Fsp3) is 0.500. The number of rotatable bonds is 3. The first-order valence-electron chi connectivity index (χ1n) is 6.41. The minimum absolute atomic E-state index is 0.0216. The van der Waals surface area contributed by atoms with Crippen LogP contribution in [0.25, 0.3) is 0 Å². The number of hydrogen-bond acceptors (Lipinski definition) is 2. The molecular weight excluding hydrogens is 294 g/mol. The molecule has 1 unspecified atom stereocenters. The predicted molar refractivity (Wildman–Crippen MR) is 75.7 cm³/mol. The van der Waals surface area contributed by atoms with Crippen molar-refractivity contribution in [3.8, 4) is 0 Å². The summed E-state index contributed by atoms with van der Waals surface area (Å²) >= 11 is 3.44. The Morgan fingerprint density at radius 2 is 2.33 bits per heavy atom. The Morgan fingerprint density at radius 3 is 3.00 bits per heavy atom. The van der Waals surface area contributed by atoms with Gasteiger partial charge in [0.15, 0.2) is 0 Å². The highest BCUT2D eigenvalue weighted by atomic mass is 79.9. The van der Waals surface area contributed by atoms with Gasteiger partial charge in [0.25, 0.3) is 5.91 Å². The summed E-state index contributed by atoms with van der Waals surface area (Å²) < 4.78 is 6.52. The highest BCUT2D eigenvalue weighted by Crippen LogP contribution is 2.23. The van der Waals surface area contributed by atoms with Crippen LogP contribution in [-0.4, -0.2) is 18.6 Å². The van der Waals surface area contributed by atoms with E-state index in [1.54, 1.807) is 0 Å². The lowest BCUT2D eigenvalue weighted by Gasteiger charge is -2.22. The first kappa shape index (κ1) is 13.6. The van der Waals surface area contributed by atoms with Crippen molar-refractivity contribution < 1.29 is 9.53 Å². The molecule has 1 aliphatic rings. The van der Waals surface area contributed by atoms with E-state index in [0.717, 1.165) is 41.4 Å². The van der Waals surface area contributed by atoms with E-state index < -0.39 is 0 Å². The van der Waals surface area contributed by atoms with E-state index in [1.807, 2.05) is 18.2 Å². The molecule has 1 N–H and O–H groups in total. The summed E-state index contributed by atoms with van der Waals surface area (Å²) in [6, 6.07) is 5.91. The van der Waals surface area contributed by atoms with Gasteiger partial charge in [0.2, 0.25) is 0 Å². The Bertz CT molecular complexity index is 428. The zero-order chi connectivity index (χ0) is 13.0. The highest BCUT2D eigenvalue weighted by molar-refractivity contribution is 9.10. The molecule has 1 atom stereocenters. The molecule has 1 fully saturated rings. The Morgan fingerprint density at radius 1 is 1.50 bits per heavy atom. The largest absolute Gasteiger partial charge is 0.368 e. The minimum Gasteiger partial charge on any atom is -0.368 e. The van der Waals surface area contributed by atoms with Crippen molar-refractivity contribution in [2.45, 2.75) is 38.7 Å². The molecule has 1 aromatic rings. The molecule has 0 aromatic heterocycles. The van der Waals surface area contributed by atoms with E-state index in [1.165, 1.54) is 0 Å². The van der Waals surface area contributed by atoms with Crippen molar-refractivity contribution >= 4 is 27.5 Å². The van der Waals surface area contributed by atoms with Gasteiger partial charge in [-0.15, -0.1) is 0 Å². The average molecular weight is 312 g/mol. The summed E-state index contributed by atoms with van der Waals surface area (Å²) in [5.74, 6) is -0.0216. The van der Waals surface area contributed by atoms with Crippen LogP contribution in [0.4, 0.5) is 5.69 Å². The maximum atomic E-state index is 12.1. The van der Waals surface area contributed by atoms with Crippen molar-refractivity contribution in [1.82, 2.24) is 0 Å². The van der Waals surface area contributed by atoms with Crippen LogP contribution in [0.1, 0.15) is 31.7 Å². The molecule has 1 amide bonds. The van der Waals surface area contributed by atoms with Gasteiger partial charge in [0.1, 0.15) is 6.10 Å². The number of carbonyl (C=O) groups is 1. The molecule has 2 rings (SSSR count). The number of hydrogen-bond donors (Lipinski definition) is 1. The van der Waals surface area contributed by atoms with E-state index in [-0.39, 0.29) is 12.0 Å². The van der Waals surface area contributed by atoms with Gasteiger partial charge in [-0.05, 0) is 49.4 Å². The van der Waals surface area contributed by atoms with Crippen LogP contribution < -0.4 is 5.32 Å². The molecule has 1 aliphatic heterocycles. The lowest BCUT2D eigenvalue weighted by atomic mass is 10.1. The van der Waals surface area contributed by atoms with Crippen molar-refractivity contribution in [3.63, 3.8) is 0 Å². The Kier molecular flexibility index (Phi) is 4.78. The topological polar surface area (TPSA) is 38.3 Å². The smallest absolute Gasteiger partial charge is 0.253 e. The number of aryl methyl sites for hydroxylation is 1. The summed E-state index contributed by atoms with van der Waals surface area (Å²) in [6.07, 6.45) is 3.55. The van der Waals surface area contributed by atoms with Crippen molar-refractivity contribution in [2.24, 2.45) is 0 Å². The molecule has 98 valence electrons. The lowest BCUT2D eigenvalue weighted by molar-refractivity contribution is -0.129. The van der Waals surface area contributed by atoms with Crippen LogP contribution in [0.15, 0.2) is 22.7 Å². The predicted octanol–water partition coefficient (Wildman–Crippen LogP) is 3.52. The molecule has 1 aromatic carbocycles. The van der Waals surface area contributed by atoms with Crippen LogP contribution in [0.5, 0.6) is 0 Å². The van der Waals surface area contributed by atoms with Gasteiger partial charge in [-0.3, -0.25) is 4.79 Å². The molecule has 0 spiro atoms. The fourth-order valence-electron chi connectivity index (χ4n) is 2.14. The van der Waals surface area contributed by atoms with E-state index >= 15 is 0 Å². The van der Waals surface area contributed by atoms with Gasteiger partial charge in [0, 0.05) is 16.8 Å². The third-order valence-electron chi connectivity index (χ3n) is 3.18. The molecule has 18 heavy (non-hydrogen) atoms. The number of carbonyl (C=O) groups excluding carboxylic acids is 1. The summed E-state index contributed by atoms with van der Waals surface area (Å²) in [5.41, 5.74) is 2.02. The molecule has 1 saturated heterocycles. The second kappa shape index (κ2) is 6.34. The normalized spacial score (nSPS) is 19.6. The van der Waals surface area contributed by atoms with Crippen LogP contribution >= 0.6 is 15.9 Å². The van der Waals surface area contributed by atoms with E-state index in [2.05, 4.69) is 28.2 Å². The van der Waals surface area contributed by atoms with Crippen LogP contribution in [0.3, 0.4) is 0 Å². The highest BCUT2D eigenvalue weighted by Gasteiger charge is 2.22. The number of halogens is 1. The van der Waals surface area contributed by atoms with Crippen LogP contribution in [0.2, 0.25) is 0 Å². The number of ether oxygens (including phenoxy) is 1. The number of anilines is 1. The summed E-state index contributed by atoms with van der Waals surface area (Å²) in [6.45, 7) is 2.77. The maximum absolute atomic E-state index is 12.1. The SMILES string of the molecule is CCc1cc(Br)ccc1NC(=O)C1CCCCO1. The standard InChI is InChI=1S/C14H18BrNO2/c1-2-10-9-11(15)6-7-12(10)16-14(17)13-5-3-4-8-18-13/h6-7,9,13H,2-5,8H2,1H3,(H,16,17). The van der Waals surface area contributed by atoms with Gasteiger partial charge >= 0.3 is 0 Å². The molecule has 3 nitrogen and oxygen atoms in total. The summed E-state index contributed by atoms with van der Waals surface area (Å²) in [4.78, 5) is 12.1. The van der Waals surface area contributed by atoms with Crippen molar-refractivity contribution in [1.29, 1.82) is 0 Å². The fourth-order valence-corrected chi connectivity index (χ4v) is 2.55. The van der Waals surface area contributed by atoms with Crippen molar-refractivity contribution in [2.75, 3.05) is 11.9 Å². The van der Waals surface area contributed by atoms with E-state index in [4.69, 9.17) is 4.74 Å². The van der Waals surface area contributed by atoms with Gasteiger partial charge in [-0.1, -0.05) is 22.9 Å². The average Bonchev–Trinajstić information content (AvgIpc) is 2.41.